The molecule has 0 radical (unpaired) electrons. The van der Waals surface area contributed by atoms with Crippen LogP contribution in [-0.4, -0.2) is 16.9 Å². The Labute approximate surface area is 186 Å². The van der Waals surface area contributed by atoms with E-state index < -0.39 is 0 Å². The first kappa shape index (κ1) is 20.9. The summed E-state index contributed by atoms with van der Waals surface area (Å²) in [5, 5.41) is 8.42. The van der Waals surface area contributed by atoms with Gasteiger partial charge in [0.05, 0.1) is 0 Å². The Hall–Kier alpha value is -4.32. The molecule has 0 aliphatic rings. The van der Waals surface area contributed by atoms with Gasteiger partial charge in [-0.3, -0.25) is 4.79 Å². The SMILES string of the molecule is O=C(CCc1ccc(-c2ccccc2)[nH]1)Nc1ccc(NC(=O)Nc2ccccc2)cc1. The standard InChI is InChI=1S/C26H24N4O2/c31-25(18-16-21-15-17-24(27-21)19-7-3-1-4-8-19)28-22-11-13-23(14-12-22)30-26(32)29-20-9-5-2-6-10-20/h1-15,17,27H,16,18H2,(H,28,31)(H2,29,30,32). The Balaban J connectivity index is 1.24. The lowest BCUT2D eigenvalue weighted by atomic mass is 10.2. The molecular weight excluding hydrogens is 400 g/mol. The second-order valence-electron chi connectivity index (χ2n) is 7.33. The molecule has 32 heavy (non-hydrogen) atoms. The van der Waals surface area contributed by atoms with Crippen molar-refractivity contribution in [2.45, 2.75) is 12.8 Å². The number of aromatic nitrogens is 1. The van der Waals surface area contributed by atoms with E-state index in [-0.39, 0.29) is 11.9 Å². The van der Waals surface area contributed by atoms with Gasteiger partial charge in [-0.1, -0.05) is 48.5 Å². The van der Waals surface area contributed by atoms with Gasteiger partial charge in [0.2, 0.25) is 5.91 Å². The number of urea groups is 1. The number of rotatable bonds is 7. The van der Waals surface area contributed by atoms with Crippen LogP contribution in [0.4, 0.5) is 21.9 Å². The second kappa shape index (κ2) is 10.1. The van der Waals surface area contributed by atoms with E-state index in [9.17, 15) is 9.59 Å². The molecule has 0 aliphatic heterocycles. The molecular formula is C26H24N4O2. The minimum atomic E-state index is -0.325. The molecule has 0 unspecified atom stereocenters. The summed E-state index contributed by atoms with van der Waals surface area (Å²) in [7, 11) is 0. The lowest BCUT2D eigenvalue weighted by Crippen LogP contribution is -2.19. The van der Waals surface area contributed by atoms with Crippen LogP contribution in [-0.2, 0) is 11.2 Å². The fraction of sp³-hybridized carbons (Fsp3) is 0.0769. The zero-order chi connectivity index (χ0) is 22.2. The Morgan fingerprint density at radius 2 is 1.19 bits per heavy atom. The molecule has 4 aromatic rings. The molecule has 0 fully saturated rings. The van der Waals surface area contributed by atoms with Crippen molar-refractivity contribution in [2.24, 2.45) is 0 Å². The molecule has 160 valence electrons. The lowest BCUT2D eigenvalue weighted by molar-refractivity contribution is -0.116. The van der Waals surface area contributed by atoms with Crippen molar-refractivity contribution in [1.29, 1.82) is 0 Å². The van der Waals surface area contributed by atoms with Crippen molar-refractivity contribution in [3.05, 3.63) is 103 Å². The van der Waals surface area contributed by atoms with Gasteiger partial charge in [-0.2, -0.15) is 0 Å². The Morgan fingerprint density at radius 1 is 0.625 bits per heavy atom. The number of hydrogen-bond acceptors (Lipinski definition) is 2. The van der Waals surface area contributed by atoms with E-state index in [1.54, 1.807) is 24.3 Å². The average Bonchev–Trinajstić information content (AvgIpc) is 3.29. The second-order valence-corrected chi connectivity index (χ2v) is 7.33. The van der Waals surface area contributed by atoms with Gasteiger partial charge in [-0.25, -0.2) is 4.79 Å². The highest BCUT2D eigenvalue weighted by Gasteiger charge is 2.07. The molecule has 6 heteroatoms. The van der Waals surface area contributed by atoms with E-state index >= 15 is 0 Å². The Morgan fingerprint density at radius 3 is 1.84 bits per heavy atom. The summed E-state index contributed by atoms with van der Waals surface area (Å²) in [6, 6.07) is 30.0. The number of hydrogen-bond donors (Lipinski definition) is 4. The van der Waals surface area contributed by atoms with Crippen molar-refractivity contribution < 1.29 is 9.59 Å². The van der Waals surface area contributed by atoms with Crippen LogP contribution in [0.2, 0.25) is 0 Å². The summed E-state index contributed by atoms with van der Waals surface area (Å²) in [6.45, 7) is 0. The Kier molecular flexibility index (Phi) is 6.63. The number of carbonyl (C=O) groups is 2. The zero-order valence-electron chi connectivity index (χ0n) is 17.5. The van der Waals surface area contributed by atoms with E-state index in [0.717, 1.165) is 17.0 Å². The predicted molar refractivity (Wildman–Crippen MR) is 129 cm³/mol. The van der Waals surface area contributed by atoms with Crippen molar-refractivity contribution in [3.63, 3.8) is 0 Å². The number of benzene rings is 3. The number of H-pyrrole nitrogens is 1. The summed E-state index contributed by atoms with van der Waals surface area (Å²) < 4.78 is 0. The minimum absolute atomic E-state index is 0.0663. The predicted octanol–water partition coefficient (Wildman–Crippen LogP) is 5.90. The van der Waals surface area contributed by atoms with Crippen molar-refractivity contribution in [1.82, 2.24) is 4.98 Å². The maximum Gasteiger partial charge on any atom is 0.323 e. The summed E-state index contributed by atoms with van der Waals surface area (Å²) in [5.41, 5.74) is 5.21. The third kappa shape index (κ3) is 5.86. The molecule has 6 nitrogen and oxygen atoms in total. The van der Waals surface area contributed by atoms with Crippen LogP contribution in [0.25, 0.3) is 11.3 Å². The number of para-hydroxylation sites is 1. The maximum atomic E-state index is 12.3. The van der Waals surface area contributed by atoms with Gasteiger partial charge in [0.25, 0.3) is 0 Å². The van der Waals surface area contributed by atoms with Gasteiger partial charge < -0.3 is 20.9 Å². The highest BCUT2D eigenvalue weighted by atomic mass is 16.2. The number of nitrogens with one attached hydrogen (secondary N) is 4. The fourth-order valence-electron chi connectivity index (χ4n) is 3.30. The zero-order valence-corrected chi connectivity index (χ0v) is 17.5. The maximum absolute atomic E-state index is 12.3. The van der Waals surface area contributed by atoms with E-state index in [1.807, 2.05) is 72.8 Å². The van der Waals surface area contributed by atoms with Crippen molar-refractivity contribution >= 4 is 29.0 Å². The van der Waals surface area contributed by atoms with Crippen LogP contribution in [0.5, 0.6) is 0 Å². The van der Waals surface area contributed by atoms with Crippen LogP contribution in [0.1, 0.15) is 12.1 Å². The first-order valence-corrected chi connectivity index (χ1v) is 10.4. The number of amides is 3. The largest absolute Gasteiger partial charge is 0.358 e. The monoisotopic (exact) mass is 424 g/mol. The summed E-state index contributed by atoms with van der Waals surface area (Å²) in [5.74, 6) is -0.0663. The van der Waals surface area contributed by atoms with Crippen LogP contribution in [0.3, 0.4) is 0 Å². The molecule has 0 spiro atoms. The summed E-state index contributed by atoms with van der Waals surface area (Å²) in [6.07, 6.45) is 0.992. The molecule has 0 bridgehead atoms. The first-order chi connectivity index (χ1) is 15.7. The smallest absolute Gasteiger partial charge is 0.323 e. The highest BCUT2D eigenvalue weighted by Crippen LogP contribution is 2.19. The quantitative estimate of drug-likeness (QED) is 0.298. The normalized spacial score (nSPS) is 10.4. The molecule has 4 N–H and O–H groups in total. The van der Waals surface area contributed by atoms with Gasteiger partial charge in [-0.15, -0.1) is 0 Å². The molecule has 3 aromatic carbocycles. The summed E-state index contributed by atoms with van der Waals surface area (Å²) in [4.78, 5) is 27.8. The van der Waals surface area contributed by atoms with Gasteiger partial charge in [0, 0.05) is 34.9 Å². The average molecular weight is 425 g/mol. The fourth-order valence-corrected chi connectivity index (χ4v) is 3.30. The van der Waals surface area contributed by atoms with E-state index in [2.05, 4.69) is 20.9 Å². The van der Waals surface area contributed by atoms with Crippen LogP contribution in [0, 0.1) is 0 Å². The number of carbonyl (C=O) groups excluding carboxylic acids is 2. The third-order valence-corrected chi connectivity index (χ3v) is 4.91. The van der Waals surface area contributed by atoms with E-state index in [0.29, 0.717) is 29.9 Å². The van der Waals surface area contributed by atoms with Crippen LogP contribution in [0.15, 0.2) is 97.1 Å². The highest BCUT2D eigenvalue weighted by molar-refractivity contribution is 6.00. The van der Waals surface area contributed by atoms with E-state index in [4.69, 9.17) is 0 Å². The number of aromatic amines is 1. The molecule has 0 atom stereocenters. The molecule has 1 aromatic heterocycles. The van der Waals surface area contributed by atoms with Gasteiger partial charge in [0.15, 0.2) is 0 Å². The molecule has 0 saturated carbocycles. The topological polar surface area (TPSA) is 86.0 Å². The number of aryl methyl sites for hydroxylation is 1. The minimum Gasteiger partial charge on any atom is -0.358 e. The third-order valence-electron chi connectivity index (χ3n) is 4.91. The molecule has 0 saturated heterocycles. The molecule has 4 rings (SSSR count). The molecule has 3 amide bonds. The number of anilines is 3. The van der Waals surface area contributed by atoms with Gasteiger partial charge in [-0.05, 0) is 60.5 Å². The van der Waals surface area contributed by atoms with Crippen LogP contribution < -0.4 is 16.0 Å². The van der Waals surface area contributed by atoms with Crippen LogP contribution >= 0.6 is 0 Å². The first-order valence-electron chi connectivity index (χ1n) is 10.4. The molecule has 0 aliphatic carbocycles. The van der Waals surface area contributed by atoms with Gasteiger partial charge >= 0.3 is 6.03 Å². The lowest BCUT2D eigenvalue weighted by Gasteiger charge is -2.09. The Bertz CT molecular complexity index is 1170. The van der Waals surface area contributed by atoms with Gasteiger partial charge in [0.1, 0.15) is 0 Å². The van der Waals surface area contributed by atoms with Crippen molar-refractivity contribution in [2.75, 3.05) is 16.0 Å². The van der Waals surface area contributed by atoms with Crippen molar-refractivity contribution in [3.8, 4) is 11.3 Å². The van der Waals surface area contributed by atoms with E-state index in [1.165, 1.54) is 0 Å². The molecule has 1 heterocycles. The summed E-state index contributed by atoms with van der Waals surface area (Å²) >= 11 is 0.